The van der Waals surface area contributed by atoms with E-state index in [1.54, 1.807) is 14.2 Å². The maximum atomic E-state index is 5.15. The molecule has 1 N–H and O–H groups in total. The van der Waals surface area contributed by atoms with Gasteiger partial charge in [-0.1, -0.05) is 6.92 Å². The first kappa shape index (κ1) is 11.3. The summed E-state index contributed by atoms with van der Waals surface area (Å²) in [6.07, 6.45) is 0.850. The Balaban J connectivity index is 2.21. The van der Waals surface area contributed by atoms with Crippen molar-refractivity contribution >= 4 is 11.8 Å². The molecule has 0 aromatic rings. The van der Waals surface area contributed by atoms with Crippen molar-refractivity contribution in [3.05, 3.63) is 0 Å². The van der Waals surface area contributed by atoms with Gasteiger partial charge in [0.25, 0.3) is 0 Å². The highest BCUT2D eigenvalue weighted by Gasteiger charge is 2.21. The van der Waals surface area contributed by atoms with Crippen molar-refractivity contribution in [1.29, 1.82) is 0 Å². The molecule has 0 aromatic carbocycles. The molecule has 13 heavy (non-hydrogen) atoms. The molecule has 1 saturated heterocycles. The van der Waals surface area contributed by atoms with E-state index < -0.39 is 0 Å². The number of ether oxygens (including phenoxy) is 2. The summed E-state index contributed by atoms with van der Waals surface area (Å²) in [6, 6.07) is 0. The van der Waals surface area contributed by atoms with Crippen LogP contribution in [0, 0.1) is 5.92 Å². The maximum absolute atomic E-state index is 5.15. The van der Waals surface area contributed by atoms with E-state index in [4.69, 9.17) is 9.47 Å². The lowest BCUT2D eigenvalue weighted by Crippen LogP contribution is -2.39. The largest absolute Gasteiger partial charge is 0.356 e. The van der Waals surface area contributed by atoms with Crippen molar-refractivity contribution < 1.29 is 9.47 Å². The zero-order valence-electron chi connectivity index (χ0n) is 8.58. The Bertz CT molecular complexity index is 134. The summed E-state index contributed by atoms with van der Waals surface area (Å²) in [5.41, 5.74) is 0. The van der Waals surface area contributed by atoms with E-state index in [0.717, 1.165) is 18.9 Å². The van der Waals surface area contributed by atoms with Crippen LogP contribution in [0.15, 0.2) is 0 Å². The lowest BCUT2D eigenvalue weighted by molar-refractivity contribution is -0.107. The predicted molar refractivity (Wildman–Crippen MR) is 55.8 cm³/mol. The minimum Gasteiger partial charge on any atom is -0.356 e. The SMILES string of the molecule is COC(CC1NCC(C)CS1)OC. The summed E-state index contributed by atoms with van der Waals surface area (Å²) < 4.78 is 10.3. The highest BCUT2D eigenvalue weighted by Crippen LogP contribution is 2.22. The first-order valence-electron chi connectivity index (χ1n) is 4.66. The first-order valence-corrected chi connectivity index (χ1v) is 5.71. The number of rotatable bonds is 4. The Morgan fingerprint density at radius 2 is 2.15 bits per heavy atom. The molecular weight excluding hydrogens is 186 g/mol. The second-order valence-electron chi connectivity index (χ2n) is 3.47. The third-order valence-corrected chi connectivity index (χ3v) is 3.73. The molecule has 78 valence electrons. The molecule has 2 atom stereocenters. The number of hydrogen-bond acceptors (Lipinski definition) is 4. The highest BCUT2D eigenvalue weighted by atomic mass is 32.2. The van der Waals surface area contributed by atoms with Gasteiger partial charge in [0.05, 0.1) is 5.37 Å². The molecule has 2 unspecified atom stereocenters. The van der Waals surface area contributed by atoms with Crippen LogP contribution in [0.5, 0.6) is 0 Å². The molecule has 1 fully saturated rings. The van der Waals surface area contributed by atoms with Gasteiger partial charge in [0.2, 0.25) is 0 Å². The maximum Gasteiger partial charge on any atom is 0.159 e. The van der Waals surface area contributed by atoms with E-state index in [1.165, 1.54) is 5.75 Å². The number of hydrogen-bond donors (Lipinski definition) is 1. The Labute approximate surface area is 84.6 Å². The predicted octanol–water partition coefficient (Wildman–Crippen LogP) is 1.29. The molecule has 0 spiro atoms. The van der Waals surface area contributed by atoms with E-state index in [1.807, 2.05) is 11.8 Å². The molecule has 1 aliphatic rings. The summed E-state index contributed by atoms with van der Waals surface area (Å²) in [4.78, 5) is 0. The van der Waals surface area contributed by atoms with Gasteiger partial charge in [-0.15, -0.1) is 11.8 Å². The number of methoxy groups -OCH3 is 2. The monoisotopic (exact) mass is 205 g/mol. The molecule has 0 radical (unpaired) electrons. The van der Waals surface area contributed by atoms with E-state index in [9.17, 15) is 0 Å². The van der Waals surface area contributed by atoms with Crippen molar-refractivity contribution in [2.24, 2.45) is 5.92 Å². The van der Waals surface area contributed by atoms with E-state index in [-0.39, 0.29) is 6.29 Å². The van der Waals surface area contributed by atoms with E-state index in [2.05, 4.69) is 12.2 Å². The minimum absolute atomic E-state index is 0.0709. The molecule has 1 aliphatic heterocycles. The fourth-order valence-electron chi connectivity index (χ4n) is 1.35. The third-order valence-electron chi connectivity index (χ3n) is 2.21. The summed E-state index contributed by atoms with van der Waals surface area (Å²) in [5.74, 6) is 2.02. The summed E-state index contributed by atoms with van der Waals surface area (Å²) >= 11 is 1.96. The smallest absolute Gasteiger partial charge is 0.159 e. The van der Waals surface area contributed by atoms with Gasteiger partial charge in [-0.2, -0.15) is 0 Å². The average molecular weight is 205 g/mol. The molecule has 3 nitrogen and oxygen atoms in total. The lowest BCUT2D eigenvalue weighted by Gasteiger charge is -2.29. The molecule has 4 heteroatoms. The minimum atomic E-state index is -0.0709. The zero-order valence-corrected chi connectivity index (χ0v) is 9.39. The van der Waals surface area contributed by atoms with Crippen LogP contribution in [0.25, 0.3) is 0 Å². The third kappa shape index (κ3) is 3.85. The Morgan fingerprint density at radius 3 is 2.62 bits per heavy atom. The van der Waals surface area contributed by atoms with Gasteiger partial charge in [0.1, 0.15) is 0 Å². The molecule has 1 rings (SSSR count). The molecule has 0 aliphatic carbocycles. The Hall–Kier alpha value is 0.230. The van der Waals surface area contributed by atoms with Gasteiger partial charge in [0.15, 0.2) is 6.29 Å². The van der Waals surface area contributed by atoms with Crippen LogP contribution < -0.4 is 5.32 Å². The van der Waals surface area contributed by atoms with Crippen molar-refractivity contribution in [2.45, 2.75) is 25.0 Å². The average Bonchev–Trinajstić information content (AvgIpc) is 2.17. The van der Waals surface area contributed by atoms with Crippen molar-refractivity contribution in [2.75, 3.05) is 26.5 Å². The molecule has 0 saturated carbocycles. The van der Waals surface area contributed by atoms with Gasteiger partial charge < -0.3 is 14.8 Å². The Kier molecular flexibility index (Phi) is 5.09. The van der Waals surface area contributed by atoms with Crippen LogP contribution in [0.2, 0.25) is 0 Å². The van der Waals surface area contributed by atoms with Crippen molar-refractivity contribution in [1.82, 2.24) is 5.32 Å². The fourth-order valence-corrected chi connectivity index (χ4v) is 2.53. The van der Waals surface area contributed by atoms with Crippen molar-refractivity contribution in [3.63, 3.8) is 0 Å². The van der Waals surface area contributed by atoms with Gasteiger partial charge in [-0.25, -0.2) is 0 Å². The summed E-state index contributed by atoms with van der Waals surface area (Å²) in [6.45, 7) is 3.37. The quantitative estimate of drug-likeness (QED) is 0.701. The number of nitrogens with one attached hydrogen (secondary N) is 1. The van der Waals surface area contributed by atoms with Crippen LogP contribution in [0.1, 0.15) is 13.3 Å². The zero-order chi connectivity index (χ0) is 9.68. The van der Waals surface area contributed by atoms with Crippen molar-refractivity contribution in [3.8, 4) is 0 Å². The molecule has 0 bridgehead atoms. The van der Waals surface area contributed by atoms with E-state index >= 15 is 0 Å². The second kappa shape index (κ2) is 5.86. The van der Waals surface area contributed by atoms with Crippen LogP contribution in [0.4, 0.5) is 0 Å². The van der Waals surface area contributed by atoms with Gasteiger partial charge >= 0.3 is 0 Å². The molecule has 1 heterocycles. The van der Waals surface area contributed by atoms with Crippen LogP contribution in [-0.4, -0.2) is 38.2 Å². The number of thioether (sulfide) groups is 1. The molecule has 0 aromatic heterocycles. The van der Waals surface area contributed by atoms with Crippen LogP contribution in [0.3, 0.4) is 0 Å². The normalized spacial score (nSPS) is 29.5. The lowest BCUT2D eigenvalue weighted by atomic mass is 10.2. The first-order chi connectivity index (χ1) is 6.26. The fraction of sp³-hybridized carbons (Fsp3) is 1.00. The van der Waals surface area contributed by atoms with E-state index in [0.29, 0.717) is 5.37 Å². The molecular formula is C9H19NO2S. The standard InChI is InChI=1S/C9H19NO2S/c1-7-5-10-8(13-6-7)4-9(11-2)12-3/h7-10H,4-6H2,1-3H3. The highest BCUT2D eigenvalue weighted by molar-refractivity contribution is 7.99. The van der Waals surface area contributed by atoms with Gasteiger partial charge in [0, 0.05) is 20.6 Å². The van der Waals surface area contributed by atoms with Gasteiger partial charge in [-0.05, 0) is 18.2 Å². The molecule has 0 amide bonds. The van der Waals surface area contributed by atoms with Crippen LogP contribution in [-0.2, 0) is 9.47 Å². The van der Waals surface area contributed by atoms with Crippen LogP contribution >= 0.6 is 11.8 Å². The second-order valence-corrected chi connectivity index (χ2v) is 4.71. The Morgan fingerprint density at radius 1 is 1.46 bits per heavy atom. The summed E-state index contributed by atoms with van der Waals surface area (Å²) in [5, 5.41) is 3.96. The van der Waals surface area contributed by atoms with Gasteiger partial charge in [-0.3, -0.25) is 0 Å². The summed E-state index contributed by atoms with van der Waals surface area (Å²) in [7, 11) is 3.37. The topological polar surface area (TPSA) is 30.5 Å².